The maximum absolute atomic E-state index is 11.3. The number of aliphatic hydroxyl groups is 1. The Hall–Kier alpha value is -2.65. The molecule has 3 nitrogen and oxygen atoms in total. The molecule has 0 unspecified atom stereocenters. The first-order valence-electron chi connectivity index (χ1n) is 11.6. The number of hydrogen-bond donors (Lipinski definition) is 2. The van der Waals surface area contributed by atoms with Crippen molar-refractivity contribution in [2.45, 2.75) is 44.6 Å². The summed E-state index contributed by atoms with van der Waals surface area (Å²) < 4.78 is 0. The van der Waals surface area contributed by atoms with Crippen LogP contribution in [0.1, 0.15) is 59.5 Å². The second-order valence-electron chi connectivity index (χ2n) is 10.1. The number of benzene rings is 3. The van der Waals surface area contributed by atoms with E-state index in [1.165, 1.54) is 43.2 Å². The Morgan fingerprint density at radius 2 is 1.39 bits per heavy atom. The molecule has 3 heteroatoms. The van der Waals surface area contributed by atoms with Crippen molar-refractivity contribution in [1.29, 1.82) is 0 Å². The van der Waals surface area contributed by atoms with Gasteiger partial charge in [0.05, 0.1) is 12.2 Å². The molecule has 4 aliphatic rings. The van der Waals surface area contributed by atoms with Gasteiger partial charge >= 0.3 is 5.97 Å². The third kappa shape index (κ3) is 3.18. The Bertz CT molecular complexity index is 1150. The molecule has 4 fully saturated rings. The van der Waals surface area contributed by atoms with E-state index in [2.05, 4.69) is 30.3 Å². The summed E-state index contributed by atoms with van der Waals surface area (Å²) in [5, 5.41) is 21.3. The second kappa shape index (κ2) is 7.20. The topological polar surface area (TPSA) is 57.5 Å². The van der Waals surface area contributed by atoms with E-state index < -0.39 is 5.97 Å². The number of fused-ring (bicyclic) bond motifs is 1. The van der Waals surface area contributed by atoms with Crippen molar-refractivity contribution in [2.75, 3.05) is 0 Å². The highest BCUT2D eigenvalue weighted by Crippen LogP contribution is 2.60. The molecule has 31 heavy (non-hydrogen) atoms. The van der Waals surface area contributed by atoms with Crippen molar-refractivity contribution >= 4 is 16.7 Å². The predicted octanol–water partition coefficient (Wildman–Crippen LogP) is 6.24. The molecule has 3 aromatic carbocycles. The van der Waals surface area contributed by atoms with Crippen LogP contribution in [0.3, 0.4) is 0 Å². The number of aliphatic hydroxyl groups excluding tert-OH is 1. The molecular formula is C28H28O3. The van der Waals surface area contributed by atoms with Crippen molar-refractivity contribution in [3.05, 3.63) is 71.3 Å². The van der Waals surface area contributed by atoms with Crippen LogP contribution < -0.4 is 0 Å². The van der Waals surface area contributed by atoms with E-state index >= 15 is 0 Å². The Morgan fingerprint density at radius 1 is 0.774 bits per heavy atom. The summed E-state index contributed by atoms with van der Waals surface area (Å²) in [6, 6.07) is 18.1. The molecule has 0 saturated heterocycles. The molecular weight excluding hydrogens is 384 g/mol. The fourth-order valence-electron chi connectivity index (χ4n) is 7.22. The molecule has 0 aromatic heterocycles. The van der Waals surface area contributed by atoms with Crippen molar-refractivity contribution < 1.29 is 15.0 Å². The third-order valence-electron chi connectivity index (χ3n) is 8.32. The lowest BCUT2D eigenvalue weighted by Crippen LogP contribution is -2.44. The first-order chi connectivity index (χ1) is 15.1. The zero-order chi connectivity index (χ0) is 21.1. The van der Waals surface area contributed by atoms with Gasteiger partial charge in [-0.15, -0.1) is 0 Å². The molecule has 3 aromatic rings. The molecule has 158 valence electrons. The van der Waals surface area contributed by atoms with E-state index in [1.807, 2.05) is 12.1 Å². The van der Waals surface area contributed by atoms with Crippen LogP contribution in [0.25, 0.3) is 21.9 Å². The summed E-state index contributed by atoms with van der Waals surface area (Å²) in [7, 11) is 0. The summed E-state index contributed by atoms with van der Waals surface area (Å²) in [4.78, 5) is 11.3. The first kappa shape index (κ1) is 19.1. The monoisotopic (exact) mass is 412 g/mol. The highest BCUT2D eigenvalue weighted by Gasteiger charge is 2.48. The normalized spacial score (nSPS) is 28.9. The fourth-order valence-corrected chi connectivity index (χ4v) is 7.22. The van der Waals surface area contributed by atoms with Crippen LogP contribution in [0.15, 0.2) is 54.6 Å². The third-order valence-corrected chi connectivity index (χ3v) is 8.32. The van der Waals surface area contributed by atoms with E-state index in [4.69, 9.17) is 0 Å². The standard InChI is InChI=1S/C28H28O3/c29-15-23-6-4-21(19-1-2-20-13-22(28(30)31)5-3-18(20)12-19)14-26(23)27-24-8-16-7-17(10-24)11-25(27)9-16/h1-6,12-14,16-17,24-25,27,29H,7-11,15H2,(H,30,31). The Labute approximate surface area is 182 Å². The van der Waals surface area contributed by atoms with Crippen LogP contribution in [0.2, 0.25) is 0 Å². The smallest absolute Gasteiger partial charge is 0.335 e. The van der Waals surface area contributed by atoms with Crippen LogP contribution in [0.4, 0.5) is 0 Å². The largest absolute Gasteiger partial charge is 0.478 e. The lowest BCUT2D eigenvalue weighted by atomic mass is 9.50. The van der Waals surface area contributed by atoms with E-state index in [0.717, 1.165) is 45.6 Å². The molecule has 7 rings (SSSR count). The van der Waals surface area contributed by atoms with E-state index in [-0.39, 0.29) is 6.61 Å². The zero-order valence-corrected chi connectivity index (χ0v) is 17.6. The fraction of sp³-hybridized carbons (Fsp3) is 0.393. The van der Waals surface area contributed by atoms with Gasteiger partial charge in [0, 0.05) is 0 Å². The van der Waals surface area contributed by atoms with Gasteiger partial charge in [0.2, 0.25) is 0 Å². The second-order valence-corrected chi connectivity index (χ2v) is 10.1. The molecule has 0 atom stereocenters. The highest BCUT2D eigenvalue weighted by atomic mass is 16.4. The van der Waals surface area contributed by atoms with E-state index in [1.54, 1.807) is 12.1 Å². The van der Waals surface area contributed by atoms with Crippen LogP contribution in [-0.2, 0) is 6.61 Å². The molecule has 0 spiro atoms. The average molecular weight is 413 g/mol. The first-order valence-corrected chi connectivity index (χ1v) is 11.6. The highest BCUT2D eigenvalue weighted by molar-refractivity contribution is 5.95. The zero-order valence-electron chi connectivity index (χ0n) is 17.6. The van der Waals surface area contributed by atoms with Gasteiger partial charge in [0.1, 0.15) is 0 Å². The molecule has 0 heterocycles. The summed E-state index contributed by atoms with van der Waals surface area (Å²) in [5.74, 6) is 3.14. The van der Waals surface area contributed by atoms with Gasteiger partial charge in [0.15, 0.2) is 0 Å². The quantitative estimate of drug-likeness (QED) is 0.533. The molecule has 4 bridgehead atoms. The van der Waals surface area contributed by atoms with E-state index in [0.29, 0.717) is 11.5 Å². The molecule has 4 saturated carbocycles. The number of carboxylic acid groups (broad SMARTS) is 1. The average Bonchev–Trinajstić information content (AvgIpc) is 2.77. The summed E-state index contributed by atoms with van der Waals surface area (Å²) in [6.07, 6.45) is 6.93. The minimum absolute atomic E-state index is 0.105. The summed E-state index contributed by atoms with van der Waals surface area (Å²) in [5.41, 5.74) is 5.11. The van der Waals surface area contributed by atoms with Crippen molar-refractivity contribution in [1.82, 2.24) is 0 Å². The SMILES string of the molecule is O=C(O)c1ccc2cc(-c3ccc(CO)c(C4C5CC6CC(C5)CC4C6)c3)ccc2c1. The maximum atomic E-state index is 11.3. The van der Waals surface area contributed by atoms with Crippen molar-refractivity contribution in [3.8, 4) is 11.1 Å². The van der Waals surface area contributed by atoms with Gasteiger partial charge < -0.3 is 10.2 Å². The van der Waals surface area contributed by atoms with E-state index in [9.17, 15) is 15.0 Å². The van der Waals surface area contributed by atoms with Crippen molar-refractivity contribution in [3.63, 3.8) is 0 Å². The number of carbonyl (C=O) groups is 1. The maximum Gasteiger partial charge on any atom is 0.335 e. The lowest BCUT2D eigenvalue weighted by molar-refractivity contribution is -0.00333. The number of carboxylic acids is 1. The van der Waals surface area contributed by atoms with Crippen LogP contribution in [0, 0.1) is 23.7 Å². The molecule has 4 aliphatic carbocycles. The molecule has 2 N–H and O–H groups in total. The molecule has 0 aliphatic heterocycles. The number of rotatable bonds is 4. The molecule has 0 amide bonds. The van der Waals surface area contributed by atoms with Crippen LogP contribution in [-0.4, -0.2) is 16.2 Å². The van der Waals surface area contributed by atoms with Gasteiger partial charge in [-0.2, -0.15) is 0 Å². The van der Waals surface area contributed by atoms with Crippen LogP contribution >= 0.6 is 0 Å². The predicted molar refractivity (Wildman–Crippen MR) is 122 cm³/mol. The number of hydrogen-bond acceptors (Lipinski definition) is 2. The van der Waals surface area contributed by atoms with Crippen molar-refractivity contribution in [2.24, 2.45) is 23.7 Å². The Morgan fingerprint density at radius 3 is 2.06 bits per heavy atom. The van der Waals surface area contributed by atoms with Gasteiger partial charge in [-0.3, -0.25) is 0 Å². The lowest BCUT2D eigenvalue weighted by Gasteiger charge is -2.55. The molecule has 0 radical (unpaired) electrons. The summed E-state index contributed by atoms with van der Waals surface area (Å²) >= 11 is 0. The van der Waals surface area contributed by atoms with Gasteiger partial charge in [-0.1, -0.05) is 36.4 Å². The number of aromatic carboxylic acids is 1. The minimum atomic E-state index is -0.897. The van der Waals surface area contributed by atoms with Crippen LogP contribution in [0.5, 0.6) is 0 Å². The minimum Gasteiger partial charge on any atom is -0.478 e. The van der Waals surface area contributed by atoms with Gasteiger partial charge in [0.25, 0.3) is 0 Å². The van der Waals surface area contributed by atoms with Gasteiger partial charge in [-0.05, 0) is 113 Å². The Balaban J connectivity index is 1.40. The summed E-state index contributed by atoms with van der Waals surface area (Å²) in [6.45, 7) is 0.105. The Kier molecular flexibility index (Phi) is 4.43. The van der Waals surface area contributed by atoms with Gasteiger partial charge in [-0.25, -0.2) is 4.79 Å².